The van der Waals surface area contributed by atoms with E-state index in [2.05, 4.69) is 39.9 Å². The minimum atomic E-state index is -0.186. The Morgan fingerprint density at radius 2 is 1.79 bits per heavy atom. The van der Waals surface area contributed by atoms with Gasteiger partial charge >= 0.3 is 0 Å². The Morgan fingerprint density at radius 1 is 1.11 bits per heavy atom. The van der Waals surface area contributed by atoms with Gasteiger partial charge in [-0.3, -0.25) is 4.90 Å². The maximum Gasteiger partial charge on any atom is 0.113 e. The second-order valence-corrected chi connectivity index (χ2v) is 7.94. The quantitative estimate of drug-likeness (QED) is 0.694. The zero-order valence-electron chi connectivity index (χ0n) is 16.3. The van der Waals surface area contributed by atoms with Crippen LogP contribution in [-0.4, -0.2) is 53.2 Å². The lowest BCUT2D eigenvalue weighted by molar-refractivity contribution is 0.0342. The number of rotatable bonds is 5. The molecule has 2 aliphatic rings. The van der Waals surface area contributed by atoms with Gasteiger partial charge in [0.15, 0.2) is 0 Å². The van der Waals surface area contributed by atoms with E-state index in [1.807, 2.05) is 0 Å². The lowest BCUT2D eigenvalue weighted by atomic mass is 9.93. The van der Waals surface area contributed by atoms with Crippen molar-refractivity contribution in [2.45, 2.75) is 44.4 Å². The number of benzene rings is 1. The van der Waals surface area contributed by atoms with Crippen LogP contribution in [0.25, 0.3) is 11.1 Å². The van der Waals surface area contributed by atoms with Crippen LogP contribution in [0.3, 0.4) is 0 Å². The van der Waals surface area contributed by atoms with Gasteiger partial charge in [0.05, 0.1) is 19.3 Å². The number of nitrogen functional groups attached to an aromatic ring is 1. The summed E-state index contributed by atoms with van der Waals surface area (Å²) >= 11 is 0. The highest BCUT2D eigenvalue weighted by atomic mass is 16.5. The molecule has 0 amide bonds. The molecule has 2 heterocycles. The fraction of sp³-hybridized carbons (Fsp3) is 0.500. The van der Waals surface area contributed by atoms with Gasteiger partial charge in [0.25, 0.3) is 0 Å². The number of hydrogen-bond donors (Lipinski definition) is 3. The number of nitrogens with two attached hydrogens (primary N) is 1. The molecule has 1 aromatic carbocycles. The molecule has 1 aliphatic heterocycles. The van der Waals surface area contributed by atoms with Crippen molar-refractivity contribution in [1.82, 2.24) is 9.47 Å². The van der Waals surface area contributed by atoms with Crippen LogP contribution < -0.4 is 5.73 Å². The molecule has 1 saturated carbocycles. The molecule has 28 heavy (non-hydrogen) atoms. The van der Waals surface area contributed by atoms with Crippen LogP contribution in [0.15, 0.2) is 30.5 Å². The van der Waals surface area contributed by atoms with Crippen LogP contribution in [0, 0.1) is 5.41 Å². The number of aliphatic hydroxyl groups excluding tert-OH is 1. The minimum absolute atomic E-state index is 0.186. The third-order valence-corrected chi connectivity index (χ3v) is 6.09. The molecule has 2 aromatic rings. The Bertz CT molecular complexity index is 801. The molecular formula is C22H30N4O2. The van der Waals surface area contributed by atoms with Crippen molar-refractivity contribution in [3.8, 4) is 11.1 Å². The van der Waals surface area contributed by atoms with Gasteiger partial charge in [-0.2, -0.15) is 0 Å². The number of ether oxygens (including phenoxy) is 1. The maximum atomic E-state index is 9.78. The smallest absolute Gasteiger partial charge is 0.113 e. The summed E-state index contributed by atoms with van der Waals surface area (Å²) in [5.74, 6) is 0.656. The maximum absolute atomic E-state index is 9.78. The van der Waals surface area contributed by atoms with E-state index in [0.29, 0.717) is 11.9 Å². The molecule has 1 aliphatic carbocycles. The van der Waals surface area contributed by atoms with Gasteiger partial charge in [-0.15, -0.1) is 0 Å². The lowest BCUT2D eigenvalue weighted by Crippen LogP contribution is -2.35. The highest BCUT2D eigenvalue weighted by molar-refractivity contribution is 5.94. The van der Waals surface area contributed by atoms with Gasteiger partial charge in [0.2, 0.25) is 0 Å². The average molecular weight is 383 g/mol. The van der Waals surface area contributed by atoms with E-state index < -0.39 is 0 Å². The van der Waals surface area contributed by atoms with E-state index in [1.165, 1.54) is 11.8 Å². The molecule has 6 heteroatoms. The fourth-order valence-electron chi connectivity index (χ4n) is 4.38. The van der Waals surface area contributed by atoms with Crippen molar-refractivity contribution in [3.63, 3.8) is 0 Å². The molecule has 6 nitrogen and oxygen atoms in total. The number of aromatic nitrogens is 1. The van der Waals surface area contributed by atoms with Crippen LogP contribution in [0.4, 0.5) is 5.82 Å². The van der Waals surface area contributed by atoms with Crippen molar-refractivity contribution in [2.24, 2.45) is 0 Å². The van der Waals surface area contributed by atoms with Gasteiger partial charge in [-0.05, 0) is 36.8 Å². The zero-order valence-corrected chi connectivity index (χ0v) is 16.3. The third kappa shape index (κ3) is 3.99. The second kappa shape index (κ2) is 8.47. The van der Waals surface area contributed by atoms with E-state index in [4.69, 9.17) is 15.9 Å². The Balaban J connectivity index is 1.54. The highest BCUT2D eigenvalue weighted by Gasteiger charge is 2.24. The number of nitrogens with zero attached hydrogens (tertiary/aromatic N) is 2. The van der Waals surface area contributed by atoms with E-state index in [9.17, 15) is 5.11 Å². The van der Waals surface area contributed by atoms with Gasteiger partial charge in [0.1, 0.15) is 5.82 Å². The number of hydrogen-bond acceptors (Lipinski definition) is 5. The standard InChI is InChI=1S/C22H30N4O2/c23-13-20-21(15-26(22(20)24)18-5-7-19(27)8-6-18)17-3-1-16(2-4-17)14-25-9-11-28-12-10-25/h1-4,13,15,18-19,23,27H,5-12,14,24H2. The van der Waals surface area contributed by atoms with Crippen LogP contribution >= 0.6 is 0 Å². The average Bonchev–Trinajstić information content (AvgIpc) is 3.06. The summed E-state index contributed by atoms with van der Waals surface area (Å²) in [6, 6.07) is 8.90. The third-order valence-electron chi connectivity index (χ3n) is 6.09. The Labute approximate surface area is 166 Å². The molecule has 0 radical (unpaired) electrons. The van der Waals surface area contributed by atoms with Crippen molar-refractivity contribution < 1.29 is 9.84 Å². The van der Waals surface area contributed by atoms with Crippen molar-refractivity contribution in [3.05, 3.63) is 41.6 Å². The first-order valence-corrected chi connectivity index (χ1v) is 10.2. The summed E-state index contributed by atoms with van der Waals surface area (Å²) in [6.45, 7) is 4.52. The number of nitrogens with one attached hydrogen (secondary N) is 1. The van der Waals surface area contributed by atoms with Gasteiger partial charge in [-0.1, -0.05) is 24.3 Å². The first-order valence-electron chi connectivity index (χ1n) is 10.2. The van der Waals surface area contributed by atoms with Gasteiger partial charge < -0.3 is 25.6 Å². The largest absolute Gasteiger partial charge is 0.393 e. The number of anilines is 1. The molecule has 1 aromatic heterocycles. The van der Waals surface area contributed by atoms with Crippen molar-refractivity contribution in [2.75, 3.05) is 32.0 Å². The Hall–Kier alpha value is -2.15. The molecule has 2 fully saturated rings. The van der Waals surface area contributed by atoms with Crippen LogP contribution in [0.1, 0.15) is 42.9 Å². The molecule has 0 unspecified atom stereocenters. The van der Waals surface area contributed by atoms with Crippen LogP contribution in [0.2, 0.25) is 0 Å². The monoisotopic (exact) mass is 382 g/mol. The Kier molecular flexibility index (Phi) is 5.80. The summed E-state index contributed by atoms with van der Waals surface area (Å²) in [5, 5.41) is 17.7. The normalized spacial score (nSPS) is 23.6. The SMILES string of the molecule is N=Cc1c(-c2ccc(CN3CCOCC3)cc2)cn(C2CCC(O)CC2)c1N. The fourth-order valence-corrected chi connectivity index (χ4v) is 4.38. The zero-order chi connectivity index (χ0) is 19.5. The van der Waals surface area contributed by atoms with Crippen LogP contribution in [-0.2, 0) is 11.3 Å². The first-order chi connectivity index (χ1) is 13.7. The molecule has 0 spiro atoms. The van der Waals surface area contributed by atoms with E-state index in [1.54, 1.807) is 0 Å². The summed E-state index contributed by atoms with van der Waals surface area (Å²) < 4.78 is 7.53. The van der Waals surface area contributed by atoms with Gasteiger partial charge in [0, 0.05) is 49.2 Å². The molecule has 1 saturated heterocycles. The van der Waals surface area contributed by atoms with E-state index in [0.717, 1.165) is 75.2 Å². The molecule has 4 rings (SSSR count). The summed E-state index contributed by atoms with van der Waals surface area (Å²) in [6.07, 6.45) is 6.75. The lowest BCUT2D eigenvalue weighted by Gasteiger charge is -2.27. The number of morpholine rings is 1. The molecule has 0 atom stereocenters. The summed E-state index contributed by atoms with van der Waals surface area (Å²) in [5.41, 5.74) is 10.6. The minimum Gasteiger partial charge on any atom is -0.393 e. The molecule has 0 bridgehead atoms. The Morgan fingerprint density at radius 3 is 2.43 bits per heavy atom. The second-order valence-electron chi connectivity index (χ2n) is 7.94. The van der Waals surface area contributed by atoms with E-state index >= 15 is 0 Å². The first kappa shape index (κ1) is 19.2. The molecule has 150 valence electrons. The highest BCUT2D eigenvalue weighted by Crippen LogP contribution is 2.36. The van der Waals surface area contributed by atoms with Crippen molar-refractivity contribution in [1.29, 1.82) is 5.41 Å². The molecule has 4 N–H and O–H groups in total. The van der Waals surface area contributed by atoms with Crippen LogP contribution in [0.5, 0.6) is 0 Å². The van der Waals surface area contributed by atoms with Crippen molar-refractivity contribution >= 4 is 12.0 Å². The predicted molar refractivity (Wildman–Crippen MR) is 112 cm³/mol. The summed E-state index contributed by atoms with van der Waals surface area (Å²) in [7, 11) is 0. The summed E-state index contributed by atoms with van der Waals surface area (Å²) in [4.78, 5) is 2.41. The number of aliphatic hydroxyl groups is 1. The van der Waals surface area contributed by atoms with E-state index in [-0.39, 0.29) is 6.10 Å². The molecular weight excluding hydrogens is 352 g/mol. The topological polar surface area (TPSA) is 87.5 Å². The predicted octanol–water partition coefficient (Wildman–Crippen LogP) is 3.04. The van der Waals surface area contributed by atoms with Gasteiger partial charge in [-0.25, -0.2) is 0 Å².